The molecule has 88 valence electrons. The lowest BCUT2D eigenvalue weighted by molar-refractivity contribution is -0.120. The van der Waals surface area contributed by atoms with Gasteiger partial charge in [0.1, 0.15) is 11.9 Å². The highest BCUT2D eigenvalue weighted by molar-refractivity contribution is 5.79. The predicted octanol–water partition coefficient (Wildman–Crippen LogP) is 1.76. The van der Waals surface area contributed by atoms with Gasteiger partial charge in [-0.2, -0.15) is 5.26 Å². The highest BCUT2D eigenvalue weighted by Gasteiger charge is 2.24. The summed E-state index contributed by atoms with van der Waals surface area (Å²) in [7, 11) is 0. The van der Waals surface area contributed by atoms with Crippen molar-refractivity contribution >= 4 is 11.5 Å². The van der Waals surface area contributed by atoms with Crippen LogP contribution in [-0.2, 0) is 4.79 Å². The van der Waals surface area contributed by atoms with Crippen LogP contribution in [-0.4, -0.2) is 23.9 Å². The molecule has 1 unspecified atom stereocenters. The number of rotatable bonds is 2. The van der Waals surface area contributed by atoms with Gasteiger partial charge in [0, 0.05) is 25.2 Å². The van der Waals surface area contributed by atoms with Crippen LogP contribution < -0.4 is 4.90 Å². The van der Waals surface area contributed by atoms with E-state index in [-0.39, 0.29) is 11.7 Å². The maximum absolute atomic E-state index is 11.4. The Morgan fingerprint density at radius 2 is 2.47 bits per heavy atom. The molecule has 0 aromatic carbocycles. The molecule has 2 rings (SSSR count). The van der Waals surface area contributed by atoms with Crippen molar-refractivity contribution in [3.05, 3.63) is 24.0 Å². The highest BCUT2D eigenvalue weighted by atomic mass is 16.1. The third kappa shape index (κ3) is 2.44. The molecule has 0 aliphatic carbocycles. The Bertz CT molecular complexity index is 464. The number of Topliss-reactive ketones (excluding diaryl/α,β-unsaturated/α-hetero) is 1. The number of hydrogen-bond donors (Lipinski definition) is 0. The summed E-state index contributed by atoms with van der Waals surface area (Å²) in [4.78, 5) is 17.6. The topological polar surface area (TPSA) is 57.0 Å². The molecule has 1 aromatic rings. The molecule has 0 amide bonds. The van der Waals surface area contributed by atoms with Gasteiger partial charge < -0.3 is 4.90 Å². The van der Waals surface area contributed by atoms with Gasteiger partial charge in [-0.25, -0.2) is 0 Å². The fraction of sp³-hybridized carbons (Fsp3) is 0.462. The third-order valence-electron chi connectivity index (χ3n) is 3.26. The second kappa shape index (κ2) is 4.96. The second-order valence-electron chi connectivity index (χ2n) is 4.40. The molecule has 2 heterocycles. The Kier molecular flexibility index (Phi) is 3.38. The van der Waals surface area contributed by atoms with Crippen molar-refractivity contribution in [1.82, 2.24) is 4.98 Å². The first-order valence-electron chi connectivity index (χ1n) is 5.82. The smallest absolute Gasteiger partial charge is 0.134 e. The summed E-state index contributed by atoms with van der Waals surface area (Å²) in [6.45, 7) is 3.24. The maximum atomic E-state index is 11.4. The number of anilines is 1. The van der Waals surface area contributed by atoms with E-state index in [1.807, 2.05) is 0 Å². The van der Waals surface area contributed by atoms with E-state index < -0.39 is 0 Å². The Hall–Kier alpha value is -1.89. The lowest BCUT2D eigenvalue weighted by Gasteiger charge is -2.33. The zero-order chi connectivity index (χ0) is 12.3. The molecule has 1 atom stereocenters. The van der Waals surface area contributed by atoms with Crippen LogP contribution in [0.3, 0.4) is 0 Å². The molecule has 0 saturated carbocycles. The Balaban J connectivity index is 2.22. The first-order chi connectivity index (χ1) is 8.22. The number of hydrogen-bond acceptors (Lipinski definition) is 4. The normalized spacial score (nSPS) is 19.8. The average molecular weight is 229 g/mol. The Morgan fingerprint density at radius 3 is 3.18 bits per heavy atom. The minimum Gasteiger partial charge on any atom is -0.368 e. The van der Waals surface area contributed by atoms with Gasteiger partial charge in [-0.1, -0.05) is 0 Å². The van der Waals surface area contributed by atoms with E-state index in [1.165, 1.54) is 0 Å². The van der Waals surface area contributed by atoms with Crippen molar-refractivity contribution in [2.45, 2.75) is 19.8 Å². The molecule has 17 heavy (non-hydrogen) atoms. The van der Waals surface area contributed by atoms with E-state index >= 15 is 0 Å². The first kappa shape index (κ1) is 11.6. The van der Waals surface area contributed by atoms with Gasteiger partial charge in [0.25, 0.3) is 0 Å². The lowest BCUT2D eigenvalue weighted by Crippen LogP contribution is -2.38. The first-order valence-corrected chi connectivity index (χ1v) is 5.82. The number of piperidine rings is 1. The summed E-state index contributed by atoms with van der Waals surface area (Å²) in [5, 5.41) is 9.05. The molecule has 4 heteroatoms. The minimum absolute atomic E-state index is 0.0931. The summed E-state index contributed by atoms with van der Waals surface area (Å²) in [5.74, 6) is 0.326. The number of ketones is 1. The van der Waals surface area contributed by atoms with E-state index in [2.05, 4.69) is 16.0 Å². The summed E-state index contributed by atoms with van der Waals surface area (Å²) < 4.78 is 0. The quantitative estimate of drug-likeness (QED) is 0.775. The van der Waals surface area contributed by atoms with Crippen LogP contribution in [0.2, 0.25) is 0 Å². The second-order valence-corrected chi connectivity index (χ2v) is 4.40. The maximum Gasteiger partial charge on any atom is 0.134 e. The number of nitrogens with zero attached hydrogens (tertiary/aromatic N) is 3. The van der Waals surface area contributed by atoms with Crippen LogP contribution >= 0.6 is 0 Å². The molecular weight excluding hydrogens is 214 g/mol. The molecule has 0 spiro atoms. The molecule has 0 N–H and O–H groups in total. The van der Waals surface area contributed by atoms with Crippen LogP contribution in [0, 0.1) is 17.2 Å². The monoisotopic (exact) mass is 229 g/mol. The molecule has 1 aliphatic rings. The van der Waals surface area contributed by atoms with Crippen molar-refractivity contribution in [3.8, 4) is 6.07 Å². The molecular formula is C13H15N3O. The van der Waals surface area contributed by atoms with E-state index in [0.29, 0.717) is 12.1 Å². The van der Waals surface area contributed by atoms with E-state index in [0.717, 1.165) is 25.1 Å². The van der Waals surface area contributed by atoms with Crippen LogP contribution in [0.25, 0.3) is 0 Å². The van der Waals surface area contributed by atoms with Crippen molar-refractivity contribution in [1.29, 1.82) is 5.26 Å². The number of nitriles is 1. The minimum atomic E-state index is 0.0931. The number of aromatic nitrogens is 1. The van der Waals surface area contributed by atoms with E-state index in [1.54, 1.807) is 25.4 Å². The van der Waals surface area contributed by atoms with Crippen molar-refractivity contribution in [2.24, 2.45) is 5.92 Å². The Labute approximate surface area is 101 Å². The van der Waals surface area contributed by atoms with Gasteiger partial charge in [0.2, 0.25) is 0 Å². The van der Waals surface area contributed by atoms with Crippen LogP contribution in [0.1, 0.15) is 25.3 Å². The number of carbonyl (C=O) groups is 1. The molecule has 1 saturated heterocycles. The van der Waals surface area contributed by atoms with E-state index in [4.69, 9.17) is 5.26 Å². The zero-order valence-electron chi connectivity index (χ0n) is 9.89. The fourth-order valence-corrected chi connectivity index (χ4v) is 2.26. The van der Waals surface area contributed by atoms with Crippen molar-refractivity contribution in [3.63, 3.8) is 0 Å². The third-order valence-corrected chi connectivity index (χ3v) is 3.26. The average Bonchev–Trinajstić information content (AvgIpc) is 2.39. The lowest BCUT2D eigenvalue weighted by atomic mass is 9.94. The van der Waals surface area contributed by atoms with Gasteiger partial charge in [-0.05, 0) is 25.8 Å². The number of carbonyl (C=O) groups excluding carboxylic acids is 1. The van der Waals surface area contributed by atoms with Gasteiger partial charge in [-0.15, -0.1) is 0 Å². The van der Waals surface area contributed by atoms with Crippen LogP contribution in [0.5, 0.6) is 0 Å². The van der Waals surface area contributed by atoms with Crippen LogP contribution in [0.15, 0.2) is 18.5 Å². The number of pyridine rings is 1. The molecule has 0 radical (unpaired) electrons. The molecule has 1 aliphatic heterocycles. The molecule has 1 fully saturated rings. The van der Waals surface area contributed by atoms with Crippen molar-refractivity contribution < 1.29 is 4.79 Å². The standard InChI is InChI=1S/C13H15N3O/c1-10(17)12-3-2-6-16(9-12)13-8-15-5-4-11(13)7-14/h4-5,8,12H,2-3,6,9H2,1H3. The summed E-state index contributed by atoms with van der Waals surface area (Å²) in [6, 6.07) is 3.89. The Morgan fingerprint density at radius 1 is 1.65 bits per heavy atom. The SMILES string of the molecule is CC(=O)C1CCCN(c2cnccc2C#N)C1. The highest BCUT2D eigenvalue weighted by Crippen LogP contribution is 2.25. The molecule has 0 bridgehead atoms. The summed E-state index contributed by atoms with van der Waals surface area (Å²) in [6.07, 6.45) is 5.27. The molecule has 1 aromatic heterocycles. The van der Waals surface area contributed by atoms with Gasteiger partial charge in [0.15, 0.2) is 0 Å². The van der Waals surface area contributed by atoms with Crippen LogP contribution in [0.4, 0.5) is 5.69 Å². The largest absolute Gasteiger partial charge is 0.368 e. The van der Waals surface area contributed by atoms with Crippen molar-refractivity contribution in [2.75, 3.05) is 18.0 Å². The zero-order valence-corrected chi connectivity index (χ0v) is 9.89. The molecule has 4 nitrogen and oxygen atoms in total. The van der Waals surface area contributed by atoms with E-state index in [9.17, 15) is 4.79 Å². The van der Waals surface area contributed by atoms with Gasteiger partial charge in [-0.3, -0.25) is 9.78 Å². The fourth-order valence-electron chi connectivity index (χ4n) is 2.26. The summed E-state index contributed by atoms with van der Waals surface area (Å²) >= 11 is 0. The van der Waals surface area contributed by atoms with Gasteiger partial charge >= 0.3 is 0 Å². The predicted molar refractivity (Wildman–Crippen MR) is 64.6 cm³/mol. The summed E-state index contributed by atoms with van der Waals surface area (Å²) in [5.41, 5.74) is 1.48. The van der Waals surface area contributed by atoms with Gasteiger partial charge in [0.05, 0.1) is 17.4 Å².